The zero-order chi connectivity index (χ0) is 29.3. The summed E-state index contributed by atoms with van der Waals surface area (Å²) >= 11 is 0. The second-order valence-corrected chi connectivity index (χ2v) is 18.6. The van der Waals surface area contributed by atoms with Crippen LogP contribution in [0.15, 0.2) is 24.3 Å². The van der Waals surface area contributed by atoms with Gasteiger partial charge >= 0.3 is 0 Å². The van der Waals surface area contributed by atoms with Gasteiger partial charge in [0.1, 0.15) is 11.5 Å². The Hall–Kier alpha value is -1.74. The molecule has 0 saturated carbocycles. The largest absolute Gasteiger partial charge is 0.507 e. The molecule has 2 nitrogen and oxygen atoms in total. The molecule has 3 heteroatoms. The first-order valence-corrected chi connectivity index (χ1v) is 18.9. The lowest BCUT2D eigenvalue weighted by atomic mass is 9.91. The van der Waals surface area contributed by atoms with Crippen LogP contribution in [0.1, 0.15) is 152 Å². The fourth-order valence-electron chi connectivity index (χ4n) is 6.21. The fourth-order valence-corrected chi connectivity index (χ4v) is 11.6. The van der Waals surface area contributed by atoms with Crippen LogP contribution in [0.5, 0.6) is 11.5 Å². The third-order valence-electron chi connectivity index (χ3n) is 8.95. The van der Waals surface area contributed by atoms with Crippen LogP contribution in [-0.4, -0.2) is 18.3 Å². The van der Waals surface area contributed by atoms with Gasteiger partial charge < -0.3 is 10.2 Å². The van der Waals surface area contributed by atoms with Crippen LogP contribution in [0, 0.1) is 0 Å². The molecule has 0 aliphatic carbocycles. The lowest BCUT2D eigenvalue weighted by molar-refractivity contribution is 0.453. The number of hydrogen-bond acceptors (Lipinski definition) is 2. The average molecular weight is 553 g/mol. The Bertz CT molecular complexity index is 893. The van der Waals surface area contributed by atoms with Crippen LogP contribution in [0.25, 0.3) is 0 Å². The molecule has 0 saturated heterocycles. The van der Waals surface area contributed by atoms with Crippen molar-refractivity contribution in [1.29, 1.82) is 0 Å². The monoisotopic (exact) mass is 552 g/mol. The van der Waals surface area contributed by atoms with Gasteiger partial charge in [0.2, 0.25) is 0 Å². The Kier molecular flexibility index (Phi) is 13.1. The Balaban J connectivity index is 2.43. The van der Waals surface area contributed by atoms with E-state index < -0.39 is 8.07 Å². The summed E-state index contributed by atoms with van der Waals surface area (Å²) in [6, 6.07) is 14.7. The molecule has 39 heavy (non-hydrogen) atoms. The van der Waals surface area contributed by atoms with E-state index in [0.717, 1.165) is 35.1 Å². The van der Waals surface area contributed by atoms with Gasteiger partial charge in [-0.3, -0.25) is 0 Å². The van der Waals surface area contributed by atoms with E-state index in [2.05, 4.69) is 93.5 Å². The molecule has 2 aromatic carbocycles. The van der Waals surface area contributed by atoms with Crippen molar-refractivity contribution >= 4 is 8.07 Å². The smallest absolute Gasteiger partial charge is 0.122 e. The predicted octanol–water partition coefficient (Wildman–Crippen LogP) is 11.4. The number of rotatable bonds is 16. The number of hydrogen-bond donors (Lipinski definition) is 2. The summed E-state index contributed by atoms with van der Waals surface area (Å²) in [5.74, 6) is 2.32. The summed E-state index contributed by atoms with van der Waals surface area (Å²) in [5.41, 5.74) is 7.27. The van der Waals surface area contributed by atoms with Crippen LogP contribution in [0.4, 0.5) is 0 Å². The number of aromatic hydroxyl groups is 2. The van der Waals surface area contributed by atoms with Gasteiger partial charge in [-0.2, -0.15) is 0 Å². The van der Waals surface area contributed by atoms with Crippen LogP contribution >= 0.6 is 0 Å². The molecule has 0 aliphatic heterocycles. The topological polar surface area (TPSA) is 40.5 Å². The Morgan fingerprint density at radius 3 is 1.03 bits per heavy atom. The first kappa shape index (κ1) is 33.5. The molecule has 0 heterocycles. The van der Waals surface area contributed by atoms with Crippen molar-refractivity contribution in [2.45, 2.75) is 156 Å². The van der Waals surface area contributed by atoms with Gasteiger partial charge in [-0.25, -0.2) is 0 Å². The predicted molar refractivity (Wildman–Crippen MR) is 175 cm³/mol. The van der Waals surface area contributed by atoms with Crippen molar-refractivity contribution in [3.8, 4) is 11.5 Å². The molecule has 0 atom stereocenters. The van der Waals surface area contributed by atoms with E-state index in [0.29, 0.717) is 35.2 Å². The van der Waals surface area contributed by atoms with E-state index in [4.69, 9.17) is 0 Å². The maximum Gasteiger partial charge on any atom is 0.122 e. The molecule has 0 aliphatic rings. The first-order chi connectivity index (χ1) is 18.4. The van der Waals surface area contributed by atoms with E-state index in [-0.39, 0.29) is 0 Å². The lowest BCUT2D eigenvalue weighted by Gasteiger charge is -2.33. The molecule has 220 valence electrons. The highest BCUT2D eigenvalue weighted by Gasteiger charge is 2.31. The minimum atomic E-state index is -1.53. The summed E-state index contributed by atoms with van der Waals surface area (Å²) in [7, 11) is -1.53. The minimum Gasteiger partial charge on any atom is -0.507 e. The van der Waals surface area contributed by atoms with Crippen LogP contribution in [-0.2, 0) is 12.8 Å². The van der Waals surface area contributed by atoms with Crippen LogP contribution in [0.3, 0.4) is 0 Å². The molecule has 0 aromatic heterocycles. The van der Waals surface area contributed by atoms with Crippen LogP contribution in [0.2, 0.25) is 24.2 Å². The molecule has 0 radical (unpaired) electrons. The van der Waals surface area contributed by atoms with Crippen molar-refractivity contribution in [2.24, 2.45) is 0 Å². The van der Waals surface area contributed by atoms with Crippen molar-refractivity contribution < 1.29 is 10.2 Å². The molecule has 0 bridgehead atoms. The van der Waals surface area contributed by atoms with E-state index in [1.807, 2.05) is 0 Å². The molecule has 2 rings (SSSR count). The van der Waals surface area contributed by atoms with Gasteiger partial charge in [-0.05, 0) is 69.9 Å². The second-order valence-electron chi connectivity index (χ2n) is 13.6. The second kappa shape index (κ2) is 15.3. The van der Waals surface area contributed by atoms with Crippen molar-refractivity contribution in [1.82, 2.24) is 0 Å². The molecule has 2 aromatic rings. The minimum absolute atomic E-state index is 0.324. The highest BCUT2D eigenvalue weighted by molar-refractivity contribution is 6.79. The summed E-state index contributed by atoms with van der Waals surface area (Å²) in [4.78, 5) is 0. The maximum atomic E-state index is 11.0. The number of phenols is 2. The lowest BCUT2D eigenvalue weighted by Crippen LogP contribution is -2.35. The Labute approximate surface area is 242 Å². The number of unbranched alkanes of at least 4 members (excludes halogenated alkanes) is 2. The van der Waals surface area contributed by atoms with Crippen LogP contribution < -0.4 is 0 Å². The highest BCUT2D eigenvalue weighted by atomic mass is 28.3. The van der Waals surface area contributed by atoms with E-state index in [1.165, 1.54) is 61.0 Å². The molecule has 0 unspecified atom stereocenters. The van der Waals surface area contributed by atoms with Gasteiger partial charge in [-0.15, -0.1) is 0 Å². The van der Waals surface area contributed by atoms with Gasteiger partial charge in [0.25, 0.3) is 0 Å². The zero-order valence-electron chi connectivity index (χ0n) is 27.1. The maximum absolute atomic E-state index is 11.0. The highest BCUT2D eigenvalue weighted by Crippen LogP contribution is 2.39. The van der Waals surface area contributed by atoms with E-state index in [1.54, 1.807) is 0 Å². The normalized spacial score (nSPS) is 12.5. The molecule has 2 N–H and O–H groups in total. The quantitative estimate of drug-likeness (QED) is 0.203. The number of aryl methyl sites for hydroxylation is 2. The van der Waals surface area contributed by atoms with Crippen molar-refractivity contribution in [2.75, 3.05) is 0 Å². The molecular formula is C36H60O2Si. The molecule has 0 fully saturated rings. The zero-order valence-corrected chi connectivity index (χ0v) is 28.1. The molecule has 0 amide bonds. The van der Waals surface area contributed by atoms with Gasteiger partial charge in [0.15, 0.2) is 0 Å². The standard InChI is InChI=1S/C36H60O2Si/c1-11-13-17-39(18-14-12-2,19-15-29-21-31(25(3)4)35(37)32(22-29)26(5)6)20-16-30-23-33(27(7)8)36(38)34(24-30)28(9)10/h21-28,37-38H,11-20H2,1-10H3. The fraction of sp³-hybridized carbons (Fsp3) is 0.667. The van der Waals surface area contributed by atoms with Crippen molar-refractivity contribution in [3.05, 3.63) is 57.6 Å². The Morgan fingerprint density at radius 1 is 0.513 bits per heavy atom. The van der Waals surface area contributed by atoms with Gasteiger partial charge in [0.05, 0.1) is 8.07 Å². The number of benzene rings is 2. The summed E-state index contributed by atoms with van der Waals surface area (Å²) in [6.07, 6.45) is 7.47. The molecular weight excluding hydrogens is 492 g/mol. The number of phenolic OH excluding ortho intramolecular Hbond substituents is 2. The first-order valence-electron chi connectivity index (χ1n) is 16.1. The third-order valence-corrected chi connectivity index (χ3v) is 14.4. The van der Waals surface area contributed by atoms with E-state index in [9.17, 15) is 10.2 Å². The summed E-state index contributed by atoms with van der Waals surface area (Å²) in [5, 5.41) is 21.9. The summed E-state index contributed by atoms with van der Waals surface area (Å²) in [6.45, 7) is 22.2. The van der Waals surface area contributed by atoms with Gasteiger partial charge in [0, 0.05) is 0 Å². The van der Waals surface area contributed by atoms with Crippen molar-refractivity contribution in [3.63, 3.8) is 0 Å². The van der Waals surface area contributed by atoms with E-state index >= 15 is 0 Å². The summed E-state index contributed by atoms with van der Waals surface area (Å²) < 4.78 is 0. The average Bonchev–Trinajstić information content (AvgIpc) is 2.88. The Morgan fingerprint density at radius 2 is 0.795 bits per heavy atom. The SMILES string of the molecule is CCCC[Si](CCCC)(CCc1cc(C(C)C)c(O)c(C(C)C)c1)CCc1cc(C(C)C)c(O)c(C(C)C)c1. The third kappa shape index (κ3) is 9.13. The van der Waals surface area contributed by atoms with Gasteiger partial charge in [-0.1, -0.05) is 143 Å². The molecule has 0 spiro atoms.